The molecule has 3 saturated carbocycles. The summed E-state index contributed by atoms with van der Waals surface area (Å²) in [6.07, 6.45) is 7.20. The molecule has 3 aliphatic carbocycles. The minimum Gasteiger partial charge on any atom is -0.497 e. The summed E-state index contributed by atoms with van der Waals surface area (Å²) in [5.41, 5.74) is 0.384. The topological polar surface area (TPSA) is 206 Å². The SMILES string of the molecule is CC[C@@H]1C[C@H](C)CC/C=C\[C@@H]2C[C@@]2(C(=O)NS(=O)(=O)C2CC2)NC(=O)[C@@H]2C[C@@H](Oc3nc4ccc(OC)cc4nc3C3CC3)CN2C(=O)[C@H]1NC(=O)O. The van der Waals surface area contributed by atoms with Crippen molar-refractivity contribution in [1.82, 2.24) is 30.2 Å². The summed E-state index contributed by atoms with van der Waals surface area (Å²) >= 11 is 0. The number of carbonyl (C=O) groups excluding carboxylic acids is 3. The summed E-state index contributed by atoms with van der Waals surface area (Å²) in [5, 5.41) is 14.6. The summed E-state index contributed by atoms with van der Waals surface area (Å²) in [4.78, 5) is 65.8. The van der Waals surface area contributed by atoms with Crippen molar-refractivity contribution in [2.45, 2.75) is 113 Å². The van der Waals surface area contributed by atoms with Gasteiger partial charge in [0.25, 0.3) is 5.91 Å². The van der Waals surface area contributed by atoms with Gasteiger partial charge < -0.3 is 30.1 Å². The van der Waals surface area contributed by atoms with Crippen LogP contribution in [0, 0.1) is 17.8 Å². The predicted molar refractivity (Wildman–Crippen MR) is 193 cm³/mol. The molecule has 7 rings (SSSR count). The fraction of sp³-hybridized carbons (Fsp3) is 0.622. The van der Waals surface area contributed by atoms with Gasteiger partial charge in [-0.05, 0) is 75.3 Å². The number of fused-ring (bicyclic) bond motifs is 3. The smallest absolute Gasteiger partial charge is 0.405 e. The zero-order chi connectivity index (χ0) is 37.7. The third kappa shape index (κ3) is 7.78. The first kappa shape index (κ1) is 36.9. The lowest BCUT2D eigenvalue weighted by Crippen LogP contribution is -2.59. The summed E-state index contributed by atoms with van der Waals surface area (Å²) < 4.78 is 39.8. The molecule has 0 radical (unpaired) electrons. The van der Waals surface area contributed by atoms with Crippen LogP contribution in [0.3, 0.4) is 0 Å². The first-order valence-electron chi connectivity index (χ1n) is 18.7. The normalized spacial score (nSPS) is 31.3. The Morgan fingerprint density at radius 1 is 1.09 bits per heavy atom. The number of allylic oxidation sites excluding steroid dienone is 1. The number of rotatable bonds is 9. The molecule has 53 heavy (non-hydrogen) atoms. The van der Waals surface area contributed by atoms with Gasteiger partial charge in [0, 0.05) is 24.3 Å². The van der Waals surface area contributed by atoms with Crippen LogP contribution in [-0.2, 0) is 24.4 Å². The molecule has 5 aliphatic rings. The molecule has 16 heteroatoms. The van der Waals surface area contributed by atoms with Crippen molar-refractivity contribution < 1.29 is 42.2 Å². The van der Waals surface area contributed by atoms with E-state index in [1.54, 1.807) is 25.3 Å². The minimum atomic E-state index is -3.90. The Bertz CT molecular complexity index is 1930. The first-order chi connectivity index (χ1) is 25.3. The molecule has 1 aromatic heterocycles. The molecule has 286 valence electrons. The third-order valence-electron chi connectivity index (χ3n) is 11.4. The van der Waals surface area contributed by atoms with Crippen molar-refractivity contribution >= 4 is 44.9 Å². The number of hydrogen-bond donors (Lipinski definition) is 4. The maximum absolute atomic E-state index is 14.6. The van der Waals surface area contributed by atoms with Gasteiger partial charge in [-0.3, -0.25) is 19.1 Å². The van der Waals surface area contributed by atoms with Crippen LogP contribution in [0.1, 0.15) is 89.7 Å². The number of amides is 4. The molecule has 7 atom stereocenters. The summed E-state index contributed by atoms with van der Waals surface area (Å²) in [5.74, 6) is -1.59. The quantitative estimate of drug-likeness (QED) is 0.273. The highest BCUT2D eigenvalue weighted by Crippen LogP contribution is 2.47. The molecular weight excluding hydrogens is 705 g/mol. The van der Waals surface area contributed by atoms with Crippen molar-refractivity contribution in [1.29, 1.82) is 0 Å². The van der Waals surface area contributed by atoms with Gasteiger partial charge in [0.2, 0.25) is 27.7 Å². The second-order valence-corrected chi connectivity index (χ2v) is 17.4. The third-order valence-corrected chi connectivity index (χ3v) is 13.2. The van der Waals surface area contributed by atoms with Crippen LogP contribution >= 0.6 is 0 Å². The summed E-state index contributed by atoms with van der Waals surface area (Å²) in [6, 6.07) is 3.07. The molecule has 0 unspecified atom stereocenters. The number of aromatic nitrogens is 2. The fourth-order valence-electron chi connectivity index (χ4n) is 7.87. The number of nitrogens with one attached hydrogen (secondary N) is 3. The van der Waals surface area contributed by atoms with Gasteiger partial charge in [0.1, 0.15) is 35.2 Å². The molecule has 2 aliphatic heterocycles. The van der Waals surface area contributed by atoms with Crippen molar-refractivity contribution in [2.75, 3.05) is 13.7 Å². The molecule has 4 N–H and O–H groups in total. The Kier molecular flexibility index (Phi) is 10.0. The van der Waals surface area contributed by atoms with E-state index in [9.17, 15) is 32.7 Å². The Morgan fingerprint density at radius 2 is 1.87 bits per heavy atom. The molecule has 3 heterocycles. The molecule has 4 amide bonds. The van der Waals surface area contributed by atoms with E-state index in [0.717, 1.165) is 19.3 Å². The Morgan fingerprint density at radius 3 is 2.55 bits per heavy atom. The number of hydrogen-bond acceptors (Lipinski definition) is 10. The first-order valence-corrected chi connectivity index (χ1v) is 20.2. The average Bonchev–Trinajstić information content (AvgIpc) is 4.01. The number of benzene rings is 1. The lowest BCUT2D eigenvalue weighted by Gasteiger charge is -2.33. The van der Waals surface area contributed by atoms with Gasteiger partial charge in [0.15, 0.2) is 0 Å². The standard InChI is InChI=1S/C37H48N6O9S/c1-4-21-15-20(2)7-5-6-8-23-18-37(23,35(46)42-53(49,50)26-12-13-26)41-32(44)29-17-25(19-43(29)34(45)31(21)40-36(47)48)52-33-30(22-9-10-22)38-28-16-24(51-3)11-14-27(28)39-33/h6,8,11,14,16,20-23,25-26,29,31,40H,4-5,7,9-10,12-13,15,17-19H2,1-3H3,(H,41,44)(H,42,46)(H,47,48)/b8-6-/t20-,21-,23-,25-,29+,31+,37-/m1/s1. The monoisotopic (exact) mass is 752 g/mol. The van der Waals surface area contributed by atoms with E-state index in [-0.39, 0.29) is 37.1 Å². The number of sulfonamides is 1. The van der Waals surface area contributed by atoms with E-state index in [2.05, 4.69) is 22.3 Å². The lowest BCUT2D eigenvalue weighted by molar-refractivity contribution is -0.142. The molecule has 0 spiro atoms. The zero-order valence-corrected chi connectivity index (χ0v) is 31.1. The predicted octanol–water partition coefficient (Wildman–Crippen LogP) is 3.39. The van der Waals surface area contributed by atoms with E-state index in [0.29, 0.717) is 60.5 Å². The highest BCUT2D eigenvalue weighted by Gasteiger charge is 2.62. The number of carbonyl (C=O) groups is 4. The van der Waals surface area contributed by atoms with Crippen LogP contribution in [-0.4, -0.2) is 94.8 Å². The second-order valence-electron chi connectivity index (χ2n) is 15.4. The minimum absolute atomic E-state index is 0.0234. The van der Waals surface area contributed by atoms with E-state index < -0.39 is 68.7 Å². The van der Waals surface area contributed by atoms with Crippen LogP contribution in [0.4, 0.5) is 4.79 Å². The molecule has 1 aromatic carbocycles. The molecule has 2 aromatic rings. The molecule has 0 bridgehead atoms. The number of carboxylic acid groups (broad SMARTS) is 1. The maximum Gasteiger partial charge on any atom is 0.405 e. The van der Waals surface area contributed by atoms with Crippen molar-refractivity contribution in [3.05, 3.63) is 36.0 Å². The highest BCUT2D eigenvalue weighted by molar-refractivity contribution is 7.91. The van der Waals surface area contributed by atoms with Gasteiger partial charge in [-0.2, -0.15) is 0 Å². The average molecular weight is 753 g/mol. The Balaban J connectivity index is 1.23. The van der Waals surface area contributed by atoms with Gasteiger partial charge in [0.05, 0.1) is 29.9 Å². The lowest BCUT2D eigenvalue weighted by atomic mass is 9.85. The van der Waals surface area contributed by atoms with Crippen LogP contribution in [0.2, 0.25) is 0 Å². The van der Waals surface area contributed by atoms with Gasteiger partial charge >= 0.3 is 6.09 Å². The van der Waals surface area contributed by atoms with E-state index in [4.69, 9.17) is 19.4 Å². The molecule has 15 nitrogen and oxygen atoms in total. The van der Waals surface area contributed by atoms with Crippen LogP contribution < -0.4 is 24.8 Å². The number of methoxy groups -OCH3 is 1. The van der Waals surface area contributed by atoms with Crippen LogP contribution in [0.25, 0.3) is 11.0 Å². The van der Waals surface area contributed by atoms with Gasteiger partial charge in [-0.15, -0.1) is 0 Å². The van der Waals surface area contributed by atoms with E-state index in [1.807, 2.05) is 19.1 Å². The maximum atomic E-state index is 14.6. The zero-order valence-electron chi connectivity index (χ0n) is 30.2. The van der Waals surface area contributed by atoms with E-state index in [1.165, 1.54) is 4.90 Å². The second kappa shape index (κ2) is 14.4. The fourth-order valence-corrected chi connectivity index (χ4v) is 9.24. The van der Waals surface area contributed by atoms with Gasteiger partial charge in [-0.1, -0.05) is 32.4 Å². The van der Waals surface area contributed by atoms with Gasteiger partial charge in [-0.25, -0.2) is 23.2 Å². The molecule has 1 saturated heterocycles. The molecular formula is C37H48N6O9S. The van der Waals surface area contributed by atoms with E-state index >= 15 is 0 Å². The van der Waals surface area contributed by atoms with Crippen molar-refractivity contribution in [3.63, 3.8) is 0 Å². The Labute approximate surface area is 308 Å². The number of ether oxygens (including phenoxy) is 2. The van der Waals surface area contributed by atoms with Crippen molar-refractivity contribution in [3.8, 4) is 11.6 Å². The molecule has 4 fully saturated rings. The Hall–Kier alpha value is -4.47. The van der Waals surface area contributed by atoms with Crippen LogP contribution in [0.15, 0.2) is 30.4 Å². The van der Waals surface area contributed by atoms with Crippen molar-refractivity contribution in [2.24, 2.45) is 17.8 Å². The highest BCUT2D eigenvalue weighted by atomic mass is 32.2. The van der Waals surface area contributed by atoms with Crippen LogP contribution in [0.5, 0.6) is 11.6 Å². The summed E-state index contributed by atoms with van der Waals surface area (Å²) in [6.45, 7) is 3.92. The summed E-state index contributed by atoms with van der Waals surface area (Å²) in [7, 11) is -2.33. The largest absolute Gasteiger partial charge is 0.497 e. The number of nitrogens with zero attached hydrogens (tertiary/aromatic N) is 3.